The van der Waals surface area contributed by atoms with E-state index in [1.807, 2.05) is 29.2 Å². The van der Waals surface area contributed by atoms with Gasteiger partial charge >= 0.3 is 6.03 Å². The molecule has 6 heteroatoms. The molecule has 4 rings (SSSR count). The quantitative estimate of drug-likeness (QED) is 0.923. The second-order valence-electron chi connectivity index (χ2n) is 6.24. The van der Waals surface area contributed by atoms with E-state index in [0.29, 0.717) is 23.9 Å². The van der Waals surface area contributed by atoms with E-state index in [1.165, 1.54) is 0 Å². The number of hydrogen-bond donors (Lipinski definition) is 1. The van der Waals surface area contributed by atoms with E-state index in [0.717, 1.165) is 24.1 Å². The number of nitrogens with one attached hydrogen (secondary N) is 1. The van der Waals surface area contributed by atoms with Crippen molar-refractivity contribution in [2.75, 3.05) is 20.7 Å². The molecule has 1 aromatic rings. The lowest BCUT2D eigenvalue weighted by molar-refractivity contribution is -0.126. The number of benzene rings is 1. The molecule has 0 spiro atoms. The Morgan fingerprint density at radius 1 is 1.26 bits per heavy atom. The van der Waals surface area contributed by atoms with E-state index in [2.05, 4.69) is 5.32 Å². The molecule has 2 heterocycles. The number of likely N-dealkylation sites (N-methyl/N-ethyl adjacent to an activating group) is 1. The van der Waals surface area contributed by atoms with Crippen molar-refractivity contribution >= 4 is 11.9 Å². The number of ether oxygens (including phenoxy) is 1. The second-order valence-corrected chi connectivity index (χ2v) is 6.24. The molecule has 1 aliphatic carbocycles. The molecule has 120 valence electrons. The first kappa shape index (κ1) is 14.1. The molecule has 1 atom stereocenters. The van der Waals surface area contributed by atoms with Crippen LogP contribution in [-0.2, 0) is 4.79 Å². The number of nitrogens with zero attached hydrogens (tertiary/aromatic N) is 2. The van der Waals surface area contributed by atoms with Crippen LogP contribution in [0.5, 0.6) is 5.75 Å². The van der Waals surface area contributed by atoms with Crippen LogP contribution in [0, 0.1) is 0 Å². The van der Waals surface area contributed by atoms with Gasteiger partial charge in [-0.05, 0) is 30.5 Å². The van der Waals surface area contributed by atoms with Crippen LogP contribution in [0.25, 0.3) is 0 Å². The Hall–Kier alpha value is -2.50. The van der Waals surface area contributed by atoms with Gasteiger partial charge in [-0.25, -0.2) is 4.79 Å². The molecular weight excluding hydrogens is 294 g/mol. The molecule has 1 fully saturated rings. The summed E-state index contributed by atoms with van der Waals surface area (Å²) in [6.07, 6.45) is 2.11. The number of methoxy groups -OCH3 is 1. The molecule has 1 saturated carbocycles. The van der Waals surface area contributed by atoms with Crippen LogP contribution in [0.1, 0.15) is 24.4 Å². The molecular formula is C17H19N3O3. The molecule has 6 nitrogen and oxygen atoms in total. The summed E-state index contributed by atoms with van der Waals surface area (Å²) in [6.45, 7) is 0.531. The fourth-order valence-corrected chi connectivity index (χ4v) is 3.34. The summed E-state index contributed by atoms with van der Waals surface area (Å²) in [7, 11) is 3.32. The lowest BCUT2D eigenvalue weighted by Crippen LogP contribution is -2.45. The number of hydrogen-bond acceptors (Lipinski definition) is 3. The van der Waals surface area contributed by atoms with E-state index < -0.39 is 6.04 Å². The van der Waals surface area contributed by atoms with Gasteiger partial charge in [0.15, 0.2) is 0 Å². The zero-order valence-corrected chi connectivity index (χ0v) is 13.2. The Balaban J connectivity index is 1.76. The number of carbonyl (C=O) groups is 2. The van der Waals surface area contributed by atoms with E-state index in [1.54, 1.807) is 19.1 Å². The highest BCUT2D eigenvalue weighted by atomic mass is 16.5. The van der Waals surface area contributed by atoms with Crippen molar-refractivity contribution in [3.63, 3.8) is 0 Å². The van der Waals surface area contributed by atoms with Gasteiger partial charge in [-0.2, -0.15) is 0 Å². The van der Waals surface area contributed by atoms with Gasteiger partial charge in [0.1, 0.15) is 5.75 Å². The predicted octanol–water partition coefficient (Wildman–Crippen LogP) is 1.65. The van der Waals surface area contributed by atoms with Crippen molar-refractivity contribution in [3.05, 3.63) is 41.1 Å². The van der Waals surface area contributed by atoms with E-state index >= 15 is 0 Å². The number of carbonyl (C=O) groups excluding carboxylic acids is 2. The summed E-state index contributed by atoms with van der Waals surface area (Å²) in [4.78, 5) is 28.6. The number of amides is 3. The first-order chi connectivity index (χ1) is 11.1. The maximum Gasteiger partial charge on any atom is 0.322 e. The Bertz CT molecular complexity index is 724. The van der Waals surface area contributed by atoms with Crippen LogP contribution in [0.15, 0.2) is 35.5 Å². The van der Waals surface area contributed by atoms with Gasteiger partial charge < -0.3 is 15.0 Å². The van der Waals surface area contributed by atoms with Crippen LogP contribution in [0.3, 0.4) is 0 Å². The van der Waals surface area contributed by atoms with Gasteiger partial charge in [0.05, 0.1) is 31.0 Å². The van der Waals surface area contributed by atoms with E-state index in [-0.39, 0.29) is 11.9 Å². The van der Waals surface area contributed by atoms with Gasteiger partial charge in [-0.1, -0.05) is 12.1 Å². The normalized spacial score (nSPS) is 24.0. The largest absolute Gasteiger partial charge is 0.497 e. The molecule has 0 saturated heterocycles. The molecule has 0 bridgehead atoms. The van der Waals surface area contributed by atoms with Crippen LogP contribution in [0.2, 0.25) is 0 Å². The summed E-state index contributed by atoms with van der Waals surface area (Å²) in [5, 5.41) is 2.94. The van der Waals surface area contributed by atoms with Crippen LogP contribution >= 0.6 is 0 Å². The molecule has 0 aromatic heterocycles. The maximum atomic E-state index is 12.9. The highest BCUT2D eigenvalue weighted by molar-refractivity contribution is 6.01. The Kier molecular flexibility index (Phi) is 3.07. The van der Waals surface area contributed by atoms with Gasteiger partial charge in [-0.3, -0.25) is 9.69 Å². The molecule has 1 unspecified atom stereocenters. The molecule has 1 N–H and O–H groups in total. The summed E-state index contributed by atoms with van der Waals surface area (Å²) in [5.41, 5.74) is 2.37. The van der Waals surface area contributed by atoms with Crippen molar-refractivity contribution in [1.29, 1.82) is 0 Å². The monoisotopic (exact) mass is 313 g/mol. The standard InChI is InChI=1S/C17H19N3O3/c1-19-13-9-20(11-6-7-11)16(21)14(13)15(18-17(19)22)10-4-3-5-12(8-10)23-2/h3-5,8,11,15H,6-7,9H2,1-2H3,(H,18,22). The zero-order chi connectivity index (χ0) is 16.1. The predicted molar refractivity (Wildman–Crippen MR) is 83.8 cm³/mol. The van der Waals surface area contributed by atoms with Crippen molar-refractivity contribution in [3.8, 4) is 5.75 Å². The second kappa shape index (κ2) is 5.01. The first-order valence-corrected chi connectivity index (χ1v) is 7.82. The smallest absolute Gasteiger partial charge is 0.322 e. The average molecular weight is 313 g/mol. The molecule has 0 radical (unpaired) electrons. The fraction of sp³-hybridized carbons (Fsp3) is 0.412. The van der Waals surface area contributed by atoms with Gasteiger partial charge in [0, 0.05) is 13.1 Å². The molecule has 3 aliphatic rings. The van der Waals surface area contributed by atoms with Gasteiger partial charge in [-0.15, -0.1) is 0 Å². The van der Waals surface area contributed by atoms with Crippen molar-refractivity contribution < 1.29 is 14.3 Å². The van der Waals surface area contributed by atoms with Crippen molar-refractivity contribution in [1.82, 2.24) is 15.1 Å². The lowest BCUT2D eigenvalue weighted by atomic mass is 9.95. The summed E-state index contributed by atoms with van der Waals surface area (Å²) in [5.74, 6) is 0.754. The summed E-state index contributed by atoms with van der Waals surface area (Å²) < 4.78 is 5.27. The number of urea groups is 1. The van der Waals surface area contributed by atoms with Gasteiger partial charge in [0.25, 0.3) is 5.91 Å². The minimum Gasteiger partial charge on any atom is -0.497 e. The van der Waals surface area contributed by atoms with Crippen molar-refractivity contribution in [2.24, 2.45) is 0 Å². The first-order valence-electron chi connectivity index (χ1n) is 7.82. The third kappa shape index (κ3) is 2.17. The Morgan fingerprint density at radius 2 is 2.04 bits per heavy atom. The Morgan fingerprint density at radius 3 is 2.74 bits per heavy atom. The minimum absolute atomic E-state index is 0.0437. The highest BCUT2D eigenvalue weighted by Crippen LogP contribution is 2.40. The topological polar surface area (TPSA) is 61.9 Å². The zero-order valence-electron chi connectivity index (χ0n) is 13.2. The molecule has 1 aromatic carbocycles. The minimum atomic E-state index is -0.417. The maximum absolute atomic E-state index is 12.9. The van der Waals surface area contributed by atoms with Crippen molar-refractivity contribution in [2.45, 2.75) is 24.9 Å². The average Bonchev–Trinajstić information content (AvgIpc) is 3.35. The number of rotatable bonds is 3. The molecule has 23 heavy (non-hydrogen) atoms. The lowest BCUT2D eigenvalue weighted by Gasteiger charge is -2.31. The summed E-state index contributed by atoms with van der Waals surface area (Å²) >= 11 is 0. The fourth-order valence-electron chi connectivity index (χ4n) is 3.34. The van der Waals surface area contributed by atoms with Crippen LogP contribution in [-0.4, -0.2) is 48.5 Å². The SMILES string of the molecule is COc1cccc(C2NC(=O)N(C)C3=C2C(=O)N(C2CC2)C3)c1. The molecule has 3 amide bonds. The van der Waals surface area contributed by atoms with Gasteiger partial charge in [0.2, 0.25) is 0 Å². The third-order valence-electron chi connectivity index (χ3n) is 4.80. The summed E-state index contributed by atoms with van der Waals surface area (Å²) in [6, 6.07) is 7.24. The molecule has 2 aliphatic heterocycles. The highest BCUT2D eigenvalue weighted by Gasteiger charge is 2.46. The van der Waals surface area contributed by atoms with E-state index in [4.69, 9.17) is 4.74 Å². The Labute approximate surface area is 134 Å². The van der Waals surface area contributed by atoms with E-state index in [9.17, 15) is 9.59 Å². The van der Waals surface area contributed by atoms with Crippen LogP contribution in [0.4, 0.5) is 4.79 Å². The third-order valence-corrected chi connectivity index (χ3v) is 4.80. The van der Waals surface area contributed by atoms with Crippen LogP contribution < -0.4 is 10.1 Å².